The molecule has 1 fully saturated rings. The van der Waals surface area contributed by atoms with E-state index in [2.05, 4.69) is 9.97 Å². The summed E-state index contributed by atoms with van der Waals surface area (Å²) >= 11 is 0. The smallest absolute Gasteiger partial charge is 0.222 e. The van der Waals surface area contributed by atoms with Gasteiger partial charge in [0, 0.05) is 43.0 Å². The van der Waals surface area contributed by atoms with Gasteiger partial charge in [0.1, 0.15) is 11.2 Å². The third-order valence-electron chi connectivity index (χ3n) is 5.69. The number of piperidine rings is 1. The van der Waals surface area contributed by atoms with E-state index in [-0.39, 0.29) is 11.9 Å². The molecule has 4 heterocycles. The summed E-state index contributed by atoms with van der Waals surface area (Å²) in [6.45, 7) is 5.23. The molecule has 1 aliphatic heterocycles. The van der Waals surface area contributed by atoms with Crippen molar-refractivity contribution in [3.05, 3.63) is 42.4 Å². The summed E-state index contributed by atoms with van der Waals surface area (Å²) in [6, 6.07) is 7.88. The van der Waals surface area contributed by atoms with Crippen LogP contribution in [-0.4, -0.2) is 44.9 Å². The van der Waals surface area contributed by atoms with Gasteiger partial charge in [-0.15, -0.1) is 0 Å². The van der Waals surface area contributed by atoms with E-state index in [0.717, 1.165) is 35.3 Å². The van der Waals surface area contributed by atoms with E-state index in [9.17, 15) is 4.79 Å². The van der Waals surface area contributed by atoms with Gasteiger partial charge in [0.2, 0.25) is 5.91 Å². The van der Waals surface area contributed by atoms with Crippen molar-refractivity contribution in [1.29, 1.82) is 0 Å². The number of nitrogens with two attached hydrogens (primary N) is 2. The van der Waals surface area contributed by atoms with Crippen LogP contribution in [0.2, 0.25) is 0 Å². The molecule has 3 aromatic rings. The van der Waals surface area contributed by atoms with Crippen molar-refractivity contribution in [2.45, 2.75) is 39.2 Å². The van der Waals surface area contributed by atoms with E-state index in [1.165, 1.54) is 0 Å². The molecule has 8 heteroatoms. The first-order valence-corrected chi connectivity index (χ1v) is 10.3. The molecule has 0 saturated carbocycles. The maximum Gasteiger partial charge on any atom is 0.222 e. The number of fused-ring (bicyclic) bond motifs is 1. The van der Waals surface area contributed by atoms with E-state index in [4.69, 9.17) is 16.6 Å². The minimum absolute atomic E-state index is 0.0744. The van der Waals surface area contributed by atoms with Crippen molar-refractivity contribution in [3.8, 4) is 11.3 Å². The number of nitrogens with zero attached hydrogens (tertiary/aromatic N) is 5. The third-order valence-corrected chi connectivity index (χ3v) is 5.69. The number of aromatic nitrogens is 3. The molecule has 1 aliphatic rings. The van der Waals surface area contributed by atoms with Gasteiger partial charge in [0.05, 0.1) is 23.1 Å². The molecule has 8 nitrogen and oxygen atoms in total. The topological polar surface area (TPSA) is 114 Å². The van der Waals surface area contributed by atoms with Crippen molar-refractivity contribution in [2.75, 3.05) is 23.8 Å². The zero-order chi connectivity index (χ0) is 21.3. The first-order chi connectivity index (χ1) is 14.5. The van der Waals surface area contributed by atoms with E-state index in [1.54, 1.807) is 11.2 Å². The molecule has 156 valence electrons. The van der Waals surface area contributed by atoms with Crippen LogP contribution in [0.3, 0.4) is 0 Å². The second kappa shape index (κ2) is 8.23. The van der Waals surface area contributed by atoms with Gasteiger partial charge < -0.3 is 15.6 Å². The molecule has 0 unspecified atom stereocenters. The highest BCUT2D eigenvalue weighted by molar-refractivity contribution is 5.95. The van der Waals surface area contributed by atoms with Crippen molar-refractivity contribution in [2.24, 2.45) is 5.84 Å². The Kier molecular flexibility index (Phi) is 5.50. The van der Waals surface area contributed by atoms with Crippen LogP contribution in [0.1, 0.15) is 31.9 Å². The van der Waals surface area contributed by atoms with E-state index in [0.29, 0.717) is 36.4 Å². The minimum Gasteiger partial charge on any atom is -0.396 e. The van der Waals surface area contributed by atoms with Crippen LogP contribution in [-0.2, 0) is 4.79 Å². The van der Waals surface area contributed by atoms with Gasteiger partial charge in [-0.1, -0.05) is 6.92 Å². The summed E-state index contributed by atoms with van der Waals surface area (Å²) in [6.07, 6.45) is 5.53. The van der Waals surface area contributed by atoms with Gasteiger partial charge in [-0.2, -0.15) is 0 Å². The highest BCUT2D eigenvalue weighted by Gasteiger charge is 2.27. The molecule has 3 aromatic heterocycles. The first-order valence-electron chi connectivity index (χ1n) is 10.3. The highest BCUT2D eigenvalue weighted by atomic mass is 16.2. The van der Waals surface area contributed by atoms with E-state index >= 15 is 0 Å². The Labute approximate surface area is 175 Å². The molecule has 0 spiro atoms. The van der Waals surface area contributed by atoms with Crippen molar-refractivity contribution >= 4 is 28.3 Å². The molecule has 4 N–H and O–H groups in total. The monoisotopic (exact) mass is 405 g/mol. The molecule has 0 aromatic carbocycles. The van der Waals surface area contributed by atoms with Gasteiger partial charge in [0.15, 0.2) is 0 Å². The van der Waals surface area contributed by atoms with Crippen molar-refractivity contribution in [3.63, 3.8) is 0 Å². The number of likely N-dealkylation sites (tertiary alicyclic amines) is 1. The van der Waals surface area contributed by atoms with Crippen LogP contribution in [0.4, 0.5) is 11.4 Å². The Hall–Kier alpha value is -3.26. The van der Waals surface area contributed by atoms with Crippen LogP contribution in [0.25, 0.3) is 22.3 Å². The fourth-order valence-electron chi connectivity index (χ4n) is 3.92. The van der Waals surface area contributed by atoms with Crippen LogP contribution in [0.15, 0.2) is 36.7 Å². The van der Waals surface area contributed by atoms with Crippen molar-refractivity contribution < 1.29 is 4.79 Å². The Morgan fingerprint density at radius 2 is 1.93 bits per heavy atom. The average Bonchev–Trinajstić information content (AvgIpc) is 2.78. The summed E-state index contributed by atoms with van der Waals surface area (Å²) < 4.78 is 0. The molecule has 0 radical (unpaired) electrons. The molecule has 4 rings (SSSR count). The van der Waals surface area contributed by atoms with E-state index in [1.807, 2.05) is 49.2 Å². The van der Waals surface area contributed by atoms with Crippen LogP contribution in [0, 0.1) is 6.92 Å². The third kappa shape index (κ3) is 3.78. The fraction of sp³-hybridized carbons (Fsp3) is 0.364. The number of amides is 1. The van der Waals surface area contributed by atoms with E-state index < -0.39 is 0 Å². The van der Waals surface area contributed by atoms with Gasteiger partial charge in [-0.05, 0) is 44.0 Å². The number of carbonyl (C=O) groups excluding carboxylic acids is 1. The Morgan fingerprint density at radius 1 is 1.17 bits per heavy atom. The van der Waals surface area contributed by atoms with Gasteiger partial charge >= 0.3 is 0 Å². The lowest BCUT2D eigenvalue weighted by molar-refractivity contribution is -0.131. The van der Waals surface area contributed by atoms with Crippen molar-refractivity contribution in [1.82, 2.24) is 19.9 Å². The lowest BCUT2D eigenvalue weighted by Crippen LogP contribution is -2.50. The quantitative estimate of drug-likeness (QED) is 0.506. The summed E-state index contributed by atoms with van der Waals surface area (Å²) in [4.78, 5) is 27.5. The van der Waals surface area contributed by atoms with Gasteiger partial charge in [0.25, 0.3) is 0 Å². The number of pyridine rings is 3. The maximum atomic E-state index is 12.0. The predicted octanol–water partition coefficient (Wildman–Crippen LogP) is 2.66. The molecule has 0 atom stereocenters. The molecular weight excluding hydrogens is 378 g/mol. The fourth-order valence-corrected chi connectivity index (χ4v) is 3.92. The van der Waals surface area contributed by atoms with Gasteiger partial charge in [-0.25, -0.2) is 10.8 Å². The molecule has 30 heavy (non-hydrogen) atoms. The lowest BCUT2D eigenvalue weighted by Gasteiger charge is -2.37. The summed E-state index contributed by atoms with van der Waals surface area (Å²) in [5.74, 6) is 6.75. The average molecular weight is 406 g/mol. The molecule has 1 amide bonds. The van der Waals surface area contributed by atoms with Crippen LogP contribution < -0.4 is 16.6 Å². The zero-order valence-electron chi connectivity index (χ0n) is 17.4. The summed E-state index contributed by atoms with van der Waals surface area (Å²) in [5.41, 5.74) is 11.5. The zero-order valence-corrected chi connectivity index (χ0v) is 17.4. The second-order valence-corrected chi connectivity index (χ2v) is 7.69. The molecule has 1 saturated heterocycles. The van der Waals surface area contributed by atoms with Crippen LogP contribution >= 0.6 is 0 Å². The molecule has 0 bridgehead atoms. The number of nitrogen functional groups attached to an aromatic ring is 1. The standard InChI is InChI=1S/C22H27N7O/c1-3-20(30)28-10-8-16(9-11-28)29(24)22-17(23)13-26-19-7-6-18(27-21(19)22)15-5-4-14(2)25-12-15/h4-7,12-13,16H,3,8-11,23-24H2,1-2H3. The summed E-state index contributed by atoms with van der Waals surface area (Å²) in [5, 5.41) is 1.72. The Balaban J connectivity index is 1.67. The first kappa shape index (κ1) is 20.0. The number of carbonyl (C=O) groups is 1. The number of hydrogen-bond donors (Lipinski definition) is 2. The predicted molar refractivity (Wildman–Crippen MR) is 118 cm³/mol. The minimum atomic E-state index is 0.0744. The number of hydrogen-bond acceptors (Lipinski definition) is 7. The second-order valence-electron chi connectivity index (χ2n) is 7.69. The summed E-state index contributed by atoms with van der Waals surface area (Å²) in [7, 11) is 0. The lowest BCUT2D eigenvalue weighted by atomic mass is 10.0. The SMILES string of the molecule is CCC(=O)N1CCC(N(N)c2c(N)cnc3ccc(-c4ccc(C)nc4)nc23)CC1. The number of hydrazine groups is 1. The highest BCUT2D eigenvalue weighted by Crippen LogP contribution is 2.33. The number of aryl methyl sites for hydroxylation is 1. The van der Waals surface area contributed by atoms with Gasteiger partial charge in [-0.3, -0.25) is 14.8 Å². The van der Waals surface area contributed by atoms with Crippen LogP contribution in [0.5, 0.6) is 0 Å². The molecule has 0 aliphatic carbocycles. The maximum absolute atomic E-state index is 12.0. The Bertz CT molecular complexity index is 1060. The number of anilines is 2. The molecular formula is C22H27N7O. The largest absolute Gasteiger partial charge is 0.396 e. The number of rotatable bonds is 4. The normalized spacial score (nSPS) is 14.8. The Morgan fingerprint density at radius 3 is 2.60 bits per heavy atom.